The molecule has 4 heteroatoms. The molecule has 0 radical (unpaired) electrons. The van der Waals surface area contributed by atoms with Gasteiger partial charge in [-0.2, -0.15) is 0 Å². The van der Waals surface area contributed by atoms with Crippen LogP contribution in [-0.2, 0) is 14.9 Å². The summed E-state index contributed by atoms with van der Waals surface area (Å²) in [5, 5.41) is 8.74. The van der Waals surface area contributed by atoms with Crippen molar-refractivity contribution in [3.63, 3.8) is 0 Å². The van der Waals surface area contributed by atoms with E-state index in [0.717, 1.165) is 4.47 Å². The average molecular weight is 285 g/mol. The molecule has 1 aromatic carbocycles. The van der Waals surface area contributed by atoms with Crippen molar-refractivity contribution in [2.45, 2.75) is 18.3 Å². The van der Waals surface area contributed by atoms with E-state index in [1.165, 1.54) is 5.56 Å². The maximum atomic E-state index is 10.6. The van der Waals surface area contributed by atoms with Crippen molar-refractivity contribution < 1.29 is 14.6 Å². The van der Waals surface area contributed by atoms with Crippen LogP contribution in [0.2, 0.25) is 0 Å². The van der Waals surface area contributed by atoms with Gasteiger partial charge in [0.2, 0.25) is 0 Å². The third kappa shape index (κ3) is 2.28. The largest absolute Gasteiger partial charge is 0.481 e. The predicted molar refractivity (Wildman–Crippen MR) is 63.5 cm³/mol. The van der Waals surface area contributed by atoms with Gasteiger partial charge in [-0.15, -0.1) is 0 Å². The quantitative estimate of drug-likeness (QED) is 0.925. The van der Waals surface area contributed by atoms with Crippen molar-refractivity contribution in [2.24, 2.45) is 0 Å². The lowest BCUT2D eigenvalue weighted by atomic mass is 9.75. The van der Waals surface area contributed by atoms with Crippen LogP contribution < -0.4 is 0 Å². The maximum Gasteiger partial charge on any atom is 0.303 e. The molecule has 1 heterocycles. The van der Waals surface area contributed by atoms with Gasteiger partial charge in [-0.05, 0) is 24.1 Å². The average Bonchev–Trinajstić information content (AvgIpc) is 2.18. The molecular formula is C12H13BrO3. The third-order valence-corrected chi connectivity index (χ3v) is 3.56. The smallest absolute Gasteiger partial charge is 0.303 e. The van der Waals surface area contributed by atoms with E-state index in [2.05, 4.69) is 15.9 Å². The second-order valence-corrected chi connectivity index (χ2v) is 5.09. The van der Waals surface area contributed by atoms with Gasteiger partial charge in [0.15, 0.2) is 0 Å². The molecule has 0 unspecified atom stereocenters. The highest BCUT2D eigenvalue weighted by atomic mass is 79.9. The van der Waals surface area contributed by atoms with Crippen molar-refractivity contribution in [2.75, 3.05) is 13.2 Å². The third-order valence-electron chi connectivity index (χ3n) is 3.03. The van der Waals surface area contributed by atoms with Crippen molar-refractivity contribution in [3.8, 4) is 0 Å². The highest BCUT2D eigenvalue weighted by Gasteiger charge is 2.40. The van der Waals surface area contributed by atoms with Crippen LogP contribution in [0.1, 0.15) is 18.4 Å². The van der Waals surface area contributed by atoms with E-state index in [0.29, 0.717) is 19.6 Å². The van der Waals surface area contributed by atoms with Crippen molar-refractivity contribution in [1.82, 2.24) is 0 Å². The van der Waals surface area contributed by atoms with Crippen LogP contribution in [0.25, 0.3) is 0 Å². The lowest BCUT2D eigenvalue weighted by molar-refractivity contribution is -0.139. The second-order valence-electron chi connectivity index (χ2n) is 4.17. The Bertz CT molecular complexity index is 382. The molecule has 0 amide bonds. The predicted octanol–water partition coefficient (Wildman–Crippen LogP) is 2.58. The molecule has 0 bridgehead atoms. The molecule has 0 aromatic heterocycles. The standard InChI is InChI=1S/C12H13BrO3/c13-10-3-1-9(2-4-10)12(7-16-8-12)6-5-11(14)15/h1-4H,5-8H2,(H,14,15). The van der Waals surface area contributed by atoms with Gasteiger partial charge < -0.3 is 9.84 Å². The first-order chi connectivity index (χ1) is 7.62. The topological polar surface area (TPSA) is 46.5 Å². The van der Waals surface area contributed by atoms with Gasteiger partial charge in [0.05, 0.1) is 13.2 Å². The molecule has 1 N–H and O–H groups in total. The number of halogens is 1. The summed E-state index contributed by atoms with van der Waals surface area (Å²) < 4.78 is 6.28. The van der Waals surface area contributed by atoms with Gasteiger partial charge in [-0.3, -0.25) is 4.79 Å². The number of aliphatic carboxylic acids is 1. The molecule has 2 rings (SSSR count). The van der Waals surface area contributed by atoms with E-state index >= 15 is 0 Å². The van der Waals surface area contributed by atoms with Gasteiger partial charge in [0, 0.05) is 16.3 Å². The Morgan fingerprint density at radius 2 is 2.00 bits per heavy atom. The number of carboxylic acids is 1. The van der Waals surface area contributed by atoms with E-state index in [4.69, 9.17) is 9.84 Å². The summed E-state index contributed by atoms with van der Waals surface area (Å²) in [5.74, 6) is -0.747. The van der Waals surface area contributed by atoms with Gasteiger partial charge >= 0.3 is 5.97 Å². The molecule has 1 saturated heterocycles. The lowest BCUT2D eigenvalue weighted by Crippen LogP contribution is -2.47. The van der Waals surface area contributed by atoms with Gasteiger partial charge in [-0.25, -0.2) is 0 Å². The van der Waals surface area contributed by atoms with Gasteiger partial charge in [0.1, 0.15) is 0 Å². The van der Waals surface area contributed by atoms with Crippen LogP contribution in [-0.4, -0.2) is 24.3 Å². The zero-order valence-electron chi connectivity index (χ0n) is 8.78. The molecular weight excluding hydrogens is 272 g/mol. The molecule has 3 nitrogen and oxygen atoms in total. The Morgan fingerprint density at radius 3 is 2.44 bits per heavy atom. The molecule has 0 atom stereocenters. The molecule has 16 heavy (non-hydrogen) atoms. The fourth-order valence-electron chi connectivity index (χ4n) is 1.95. The molecule has 1 aliphatic heterocycles. The highest BCUT2D eigenvalue weighted by Crippen LogP contribution is 2.37. The fourth-order valence-corrected chi connectivity index (χ4v) is 2.22. The summed E-state index contributed by atoms with van der Waals surface area (Å²) in [6.45, 7) is 1.25. The zero-order valence-corrected chi connectivity index (χ0v) is 10.4. The zero-order chi connectivity index (χ0) is 11.6. The van der Waals surface area contributed by atoms with Crippen LogP contribution in [0.4, 0.5) is 0 Å². The summed E-state index contributed by atoms with van der Waals surface area (Å²) in [6, 6.07) is 8.04. The van der Waals surface area contributed by atoms with Crippen LogP contribution in [0, 0.1) is 0 Å². The SMILES string of the molecule is O=C(O)CCC1(c2ccc(Br)cc2)COC1. The monoisotopic (exact) mass is 284 g/mol. The molecule has 86 valence electrons. The highest BCUT2D eigenvalue weighted by molar-refractivity contribution is 9.10. The van der Waals surface area contributed by atoms with Crippen LogP contribution in [0.3, 0.4) is 0 Å². The first-order valence-corrected chi connectivity index (χ1v) is 5.97. The first kappa shape index (κ1) is 11.6. The Labute approximate surface area is 103 Å². The minimum atomic E-state index is -0.747. The summed E-state index contributed by atoms with van der Waals surface area (Å²) in [5.41, 5.74) is 1.09. The Morgan fingerprint density at radius 1 is 1.38 bits per heavy atom. The molecule has 0 saturated carbocycles. The minimum Gasteiger partial charge on any atom is -0.481 e. The number of benzene rings is 1. The van der Waals surface area contributed by atoms with Crippen molar-refractivity contribution in [1.29, 1.82) is 0 Å². The van der Waals surface area contributed by atoms with Crippen molar-refractivity contribution in [3.05, 3.63) is 34.3 Å². The van der Waals surface area contributed by atoms with Crippen LogP contribution in [0.15, 0.2) is 28.7 Å². The number of rotatable bonds is 4. The van der Waals surface area contributed by atoms with Crippen LogP contribution in [0.5, 0.6) is 0 Å². The summed E-state index contributed by atoms with van der Waals surface area (Å²) in [4.78, 5) is 10.6. The molecule has 1 fully saturated rings. The summed E-state index contributed by atoms with van der Waals surface area (Å²) in [7, 11) is 0. The van der Waals surface area contributed by atoms with E-state index in [9.17, 15) is 4.79 Å². The number of ether oxygens (including phenoxy) is 1. The number of carbonyl (C=O) groups is 1. The lowest BCUT2D eigenvalue weighted by Gasteiger charge is -2.42. The van der Waals surface area contributed by atoms with E-state index in [-0.39, 0.29) is 11.8 Å². The van der Waals surface area contributed by atoms with E-state index in [1.54, 1.807) is 0 Å². The van der Waals surface area contributed by atoms with Crippen molar-refractivity contribution >= 4 is 21.9 Å². The summed E-state index contributed by atoms with van der Waals surface area (Å²) >= 11 is 3.39. The molecule has 0 spiro atoms. The number of carboxylic acid groups (broad SMARTS) is 1. The maximum absolute atomic E-state index is 10.6. The Hall–Kier alpha value is -0.870. The molecule has 1 aliphatic rings. The van der Waals surface area contributed by atoms with E-state index < -0.39 is 5.97 Å². The van der Waals surface area contributed by atoms with Gasteiger partial charge in [0.25, 0.3) is 0 Å². The Kier molecular flexibility index (Phi) is 3.30. The Balaban J connectivity index is 2.14. The normalized spacial score (nSPS) is 17.8. The van der Waals surface area contributed by atoms with Gasteiger partial charge in [-0.1, -0.05) is 28.1 Å². The first-order valence-electron chi connectivity index (χ1n) is 5.18. The molecule has 1 aromatic rings. The second kappa shape index (κ2) is 4.55. The fraction of sp³-hybridized carbons (Fsp3) is 0.417. The summed E-state index contributed by atoms with van der Waals surface area (Å²) in [6.07, 6.45) is 0.837. The van der Waals surface area contributed by atoms with Crippen LogP contribution >= 0.6 is 15.9 Å². The minimum absolute atomic E-state index is 0.0842. The number of hydrogen-bond acceptors (Lipinski definition) is 2. The number of hydrogen-bond donors (Lipinski definition) is 1. The van der Waals surface area contributed by atoms with E-state index in [1.807, 2.05) is 24.3 Å². The molecule has 0 aliphatic carbocycles.